The SMILES string of the molecule is CC.CC1CCC2(CC1)CN(S(C)(=O)=O)C2.CCC(C)C. The van der Waals surface area contributed by atoms with E-state index in [1.165, 1.54) is 38.4 Å². The summed E-state index contributed by atoms with van der Waals surface area (Å²) >= 11 is 0. The smallest absolute Gasteiger partial charge is 0.211 e. The van der Waals surface area contributed by atoms with Crippen molar-refractivity contribution in [3.63, 3.8) is 0 Å². The highest BCUT2D eigenvalue weighted by Gasteiger charge is 2.47. The van der Waals surface area contributed by atoms with Crippen molar-refractivity contribution >= 4 is 10.0 Å². The molecule has 1 aliphatic carbocycles. The van der Waals surface area contributed by atoms with E-state index in [0.717, 1.165) is 24.9 Å². The van der Waals surface area contributed by atoms with Gasteiger partial charge in [0.25, 0.3) is 0 Å². The van der Waals surface area contributed by atoms with E-state index in [0.29, 0.717) is 5.41 Å². The minimum atomic E-state index is -2.92. The second-order valence-electron chi connectivity index (χ2n) is 7.02. The molecule has 0 aromatic rings. The molecule has 21 heavy (non-hydrogen) atoms. The molecule has 1 saturated carbocycles. The van der Waals surface area contributed by atoms with Crippen LogP contribution < -0.4 is 0 Å². The first-order valence-corrected chi connectivity index (χ1v) is 10.5. The predicted molar refractivity (Wildman–Crippen MR) is 93.0 cm³/mol. The molecular weight excluding hydrogens is 282 g/mol. The van der Waals surface area contributed by atoms with Crippen LogP contribution >= 0.6 is 0 Å². The number of sulfonamides is 1. The Labute approximate surface area is 133 Å². The summed E-state index contributed by atoms with van der Waals surface area (Å²) in [5.41, 5.74) is 0.357. The van der Waals surface area contributed by atoms with E-state index in [4.69, 9.17) is 0 Å². The molecule has 4 heteroatoms. The maximum atomic E-state index is 11.2. The van der Waals surface area contributed by atoms with Gasteiger partial charge in [-0.3, -0.25) is 0 Å². The van der Waals surface area contributed by atoms with E-state index in [9.17, 15) is 8.42 Å². The number of nitrogens with zero attached hydrogens (tertiary/aromatic N) is 1. The number of rotatable bonds is 2. The lowest BCUT2D eigenvalue weighted by Crippen LogP contribution is -2.58. The molecule has 1 heterocycles. The molecule has 1 spiro atoms. The average molecular weight is 320 g/mol. The Morgan fingerprint density at radius 1 is 1.14 bits per heavy atom. The summed E-state index contributed by atoms with van der Waals surface area (Å²) in [4.78, 5) is 0. The summed E-state index contributed by atoms with van der Waals surface area (Å²) in [7, 11) is -2.92. The average Bonchev–Trinajstić information content (AvgIpc) is 2.39. The van der Waals surface area contributed by atoms with Crippen LogP contribution in [0.4, 0.5) is 0 Å². The summed E-state index contributed by atoms with van der Waals surface area (Å²) in [5, 5.41) is 0. The fraction of sp³-hybridized carbons (Fsp3) is 1.00. The van der Waals surface area contributed by atoms with Gasteiger partial charge in [0, 0.05) is 13.1 Å². The van der Waals surface area contributed by atoms with Crippen LogP contribution in [-0.2, 0) is 10.0 Å². The first-order valence-electron chi connectivity index (χ1n) is 8.63. The highest BCUT2D eigenvalue weighted by molar-refractivity contribution is 7.88. The Hall–Kier alpha value is -0.0900. The minimum absolute atomic E-state index is 0.357. The third kappa shape index (κ3) is 7.14. The number of hydrogen-bond donors (Lipinski definition) is 0. The van der Waals surface area contributed by atoms with Crippen molar-refractivity contribution in [2.45, 2.75) is 73.6 Å². The third-order valence-electron chi connectivity index (χ3n) is 4.64. The van der Waals surface area contributed by atoms with Gasteiger partial charge < -0.3 is 0 Å². The minimum Gasteiger partial charge on any atom is -0.213 e. The standard InChI is InChI=1S/C10H19NO2S.C5H12.C2H6/c1-9-3-5-10(6-4-9)7-11(8-10)14(2,12)13;1-4-5(2)3;1-2/h9H,3-8H2,1-2H3;5H,4H2,1-3H3;1-2H3. The van der Waals surface area contributed by atoms with Crippen molar-refractivity contribution in [1.29, 1.82) is 0 Å². The molecule has 0 N–H and O–H groups in total. The van der Waals surface area contributed by atoms with Crippen molar-refractivity contribution in [3.8, 4) is 0 Å². The van der Waals surface area contributed by atoms with Gasteiger partial charge in [0.05, 0.1) is 6.26 Å². The Bertz CT molecular complexity index is 360. The third-order valence-corrected chi connectivity index (χ3v) is 5.84. The van der Waals surface area contributed by atoms with E-state index in [1.54, 1.807) is 4.31 Å². The lowest BCUT2D eigenvalue weighted by atomic mass is 9.67. The zero-order chi connectivity index (χ0) is 16.7. The van der Waals surface area contributed by atoms with E-state index in [-0.39, 0.29) is 0 Å². The van der Waals surface area contributed by atoms with Crippen molar-refractivity contribution < 1.29 is 8.42 Å². The summed E-state index contributed by atoms with van der Waals surface area (Å²) in [6.45, 7) is 14.5. The van der Waals surface area contributed by atoms with E-state index in [2.05, 4.69) is 27.7 Å². The molecule has 1 aliphatic heterocycles. The quantitative estimate of drug-likeness (QED) is 0.749. The van der Waals surface area contributed by atoms with E-state index in [1.807, 2.05) is 13.8 Å². The molecule has 0 atom stereocenters. The Kier molecular flexibility index (Phi) is 9.10. The van der Waals surface area contributed by atoms with Crippen LogP contribution in [0.25, 0.3) is 0 Å². The molecule has 2 fully saturated rings. The molecule has 128 valence electrons. The van der Waals surface area contributed by atoms with Gasteiger partial charge in [-0.2, -0.15) is 0 Å². The molecule has 0 amide bonds. The van der Waals surface area contributed by atoms with Crippen LogP contribution in [0.15, 0.2) is 0 Å². The molecule has 3 nitrogen and oxygen atoms in total. The van der Waals surface area contributed by atoms with Crippen LogP contribution in [0, 0.1) is 17.3 Å². The van der Waals surface area contributed by atoms with Gasteiger partial charge in [-0.15, -0.1) is 0 Å². The zero-order valence-corrected chi connectivity index (χ0v) is 16.1. The fourth-order valence-electron chi connectivity index (χ4n) is 2.63. The Balaban J connectivity index is 0.000000489. The Morgan fingerprint density at radius 3 is 1.81 bits per heavy atom. The zero-order valence-electron chi connectivity index (χ0n) is 15.3. The van der Waals surface area contributed by atoms with Gasteiger partial charge in [0.15, 0.2) is 0 Å². The summed E-state index contributed by atoms with van der Waals surface area (Å²) < 4.78 is 24.1. The van der Waals surface area contributed by atoms with Gasteiger partial charge in [0.1, 0.15) is 0 Å². The highest BCUT2D eigenvalue weighted by atomic mass is 32.2. The van der Waals surface area contributed by atoms with Gasteiger partial charge >= 0.3 is 0 Å². The van der Waals surface area contributed by atoms with Crippen LogP contribution in [0.5, 0.6) is 0 Å². The van der Waals surface area contributed by atoms with Crippen LogP contribution in [0.1, 0.15) is 73.6 Å². The second kappa shape index (κ2) is 9.14. The van der Waals surface area contributed by atoms with Crippen molar-refractivity contribution in [3.05, 3.63) is 0 Å². The van der Waals surface area contributed by atoms with Gasteiger partial charge in [-0.1, -0.05) is 60.8 Å². The predicted octanol–water partition coefficient (Wildman–Crippen LogP) is 4.54. The normalized spacial score (nSPS) is 21.9. The molecule has 2 aliphatic rings. The highest BCUT2D eigenvalue weighted by Crippen LogP contribution is 2.46. The molecule has 0 aromatic heterocycles. The van der Waals surface area contributed by atoms with Crippen molar-refractivity contribution in [2.24, 2.45) is 17.3 Å². The summed E-state index contributed by atoms with van der Waals surface area (Å²) in [5.74, 6) is 1.72. The van der Waals surface area contributed by atoms with Crippen LogP contribution in [0.3, 0.4) is 0 Å². The molecule has 0 aromatic carbocycles. The molecule has 2 rings (SSSR count). The largest absolute Gasteiger partial charge is 0.213 e. The molecule has 0 unspecified atom stereocenters. The van der Waals surface area contributed by atoms with Crippen LogP contribution in [-0.4, -0.2) is 32.1 Å². The monoisotopic (exact) mass is 319 g/mol. The maximum Gasteiger partial charge on any atom is 0.211 e. The molecular formula is C17H37NO2S. The van der Waals surface area contributed by atoms with Gasteiger partial charge in [0.2, 0.25) is 10.0 Å². The summed E-state index contributed by atoms with van der Waals surface area (Å²) in [6.07, 6.45) is 7.61. The first kappa shape index (κ1) is 20.9. The molecule has 1 saturated heterocycles. The van der Waals surface area contributed by atoms with E-state index >= 15 is 0 Å². The fourth-order valence-corrected chi connectivity index (χ4v) is 3.64. The second-order valence-corrected chi connectivity index (χ2v) is 9.00. The van der Waals surface area contributed by atoms with Crippen molar-refractivity contribution in [1.82, 2.24) is 4.31 Å². The van der Waals surface area contributed by atoms with Crippen molar-refractivity contribution in [2.75, 3.05) is 19.3 Å². The lowest BCUT2D eigenvalue weighted by molar-refractivity contribution is 0.0183. The number of hydrogen-bond acceptors (Lipinski definition) is 2. The molecule has 0 bridgehead atoms. The first-order chi connectivity index (χ1) is 9.68. The molecule has 0 radical (unpaired) electrons. The maximum absolute atomic E-state index is 11.2. The van der Waals surface area contributed by atoms with E-state index < -0.39 is 10.0 Å². The summed E-state index contributed by atoms with van der Waals surface area (Å²) in [6, 6.07) is 0. The topological polar surface area (TPSA) is 37.4 Å². The van der Waals surface area contributed by atoms with Gasteiger partial charge in [-0.25, -0.2) is 12.7 Å². The van der Waals surface area contributed by atoms with Crippen LogP contribution in [0.2, 0.25) is 0 Å². The van der Waals surface area contributed by atoms with Gasteiger partial charge in [-0.05, 0) is 30.1 Å². The Morgan fingerprint density at radius 2 is 1.52 bits per heavy atom. The lowest BCUT2D eigenvalue weighted by Gasteiger charge is -2.52.